The Balaban J connectivity index is 2.59. The van der Waals surface area contributed by atoms with Crippen molar-refractivity contribution in [2.45, 2.75) is 6.92 Å². The Hall–Kier alpha value is -2.39. The van der Waals surface area contributed by atoms with Gasteiger partial charge >= 0.3 is 0 Å². The molecule has 0 saturated heterocycles. The average molecular weight is 259 g/mol. The van der Waals surface area contributed by atoms with Crippen molar-refractivity contribution in [1.29, 1.82) is 5.26 Å². The monoisotopic (exact) mass is 259 g/mol. The van der Waals surface area contributed by atoms with E-state index in [4.69, 9.17) is 11.0 Å². The van der Waals surface area contributed by atoms with E-state index >= 15 is 0 Å². The van der Waals surface area contributed by atoms with Crippen LogP contribution in [-0.4, -0.2) is 4.92 Å². The van der Waals surface area contributed by atoms with Crippen LogP contribution in [0.4, 0.5) is 11.4 Å². The number of rotatable bonds is 2. The number of hydrogen-bond acceptors (Lipinski definition) is 5. The van der Waals surface area contributed by atoms with Crippen molar-refractivity contribution in [2.24, 2.45) is 0 Å². The molecule has 0 amide bonds. The molecule has 0 bridgehead atoms. The van der Waals surface area contributed by atoms with Crippen molar-refractivity contribution in [3.05, 3.63) is 44.8 Å². The summed E-state index contributed by atoms with van der Waals surface area (Å²) in [5, 5.41) is 19.6. The summed E-state index contributed by atoms with van der Waals surface area (Å²) in [7, 11) is 0. The summed E-state index contributed by atoms with van der Waals surface area (Å²) in [6, 6.07) is 8.33. The van der Waals surface area contributed by atoms with Gasteiger partial charge in [-0.25, -0.2) is 0 Å². The summed E-state index contributed by atoms with van der Waals surface area (Å²) in [6.07, 6.45) is 0. The number of non-ortho nitro benzene ring substituents is 1. The highest BCUT2D eigenvalue weighted by atomic mass is 32.1. The predicted octanol–water partition coefficient (Wildman–Crippen LogP) is 3.09. The van der Waals surface area contributed by atoms with Gasteiger partial charge < -0.3 is 5.73 Å². The fourth-order valence-electron chi connectivity index (χ4n) is 1.65. The Morgan fingerprint density at radius 2 is 2.22 bits per heavy atom. The summed E-state index contributed by atoms with van der Waals surface area (Å²) in [6.45, 7) is 1.81. The Bertz CT molecular complexity index is 670. The first-order valence-corrected chi connectivity index (χ1v) is 5.90. The molecule has 1 heterocycles. The Morgan fingerprint density at radius 3 is 2.78 bits per heavy atom. The number of nitrogens with two attached hydrogens (primary N) is 1. The van der Waals surface area contributed by atoms with Crippen LogP contribution in [0, 0.1) is 28.4 Å². The first kappa shape index (κ1) is 12.1. The van der Waals surface area contributed by atoms with Crippen LogP contribution in [0.2, 0.25) is 0 Å². The maximum absolute atomic E-state index is 10.7. The maximum Gasteiger partial charge on any atom is 0.270 e. The van der Waals surface area contributed by atoms with Gasteiger partial charge in [-0.3, -0.25) is 10.1 Å². The number of nitro groups is 1. The van der Waals surface area contributed by atoms with E-state index in [1.54, 1.807) is 19.1 Å². The van der Waals surface area contributed by atoms with Gasteiger partial charge in [-0.15, -0.1) is 11.3 Å². The van der Waals surface area contributed by atoms with Gasteiger partial charge in [0.15, 0.2) is 0 Å². The van der Waals surface area contributed by atoms with Crippen LogP contribution in [0.25, 0.3) is 10.4 Å². The molecule has 2 N–H and O–H groups in total. The summed E-state index contributed by atoms with van der Waals surface area (Å²) < 4.78 is 0. The van der Waals surface area contributed by atoms with Gasteiger partial charge in [-0.2, -0.15) is 5.26 Å². The summed E-state index contributed by atoms with van der Waals surface area (Å²) in [5.74, 6) is 0. The van der Waals surface area contributed by atoms with Crippen molar-refractivity contribution >= 4 is 22.7 Å². The molecule has 2 rings (SSSR count). The molecule has 0 aliphatic rings. The highest BCUT2D eigenvalue weighted by molar-refractivity contribution is 7.16. The fraction of sp³-hybridized carbons (Fsp3) is 0.0833. The van der Waals surface area contributed by atoms with Gasteiger partial charge in [0.2, 0.25) is 0 Å². The van der Waals surface area contributed by atoms with Crippen LogP contribution in [0.1, 0.15) is 10.4 Å². The summed E-state index contributed by atoms with van der Waals surface area (Å²) in [4.78, 5) is 11.5. The lowest BCUT2D eigenvalue weighted by Gasteiger charge is -2.00. The van der Waals surface area contributed by atoms with Crippen LogP contribution >= 0.6 is 11.3 Å². The lowest BCUT2D eigenvalue weighted by Crippen LogP contribution is -1.89. The number of anilines is 1. The van der Waals surface area contributed by atoms with Crippen molar-refractivity contribution < 1.29 is 4.92 Å². The van der Waals surface area contributed by atoms with E-state index in [-0.39, 0.29) is 5.69 Å². The SMILES string of the molecule is Cc1c(-c2cccc([N+](=O)[O-])c2)sc(C#N)c1N. The number of nitrogen functional groups attached to an aromatic ring is 1. The van der Waals surface area contributed by atoms with Crippen molar-refractivity contribution in [1.82, 2.24) is 0 Å². The second-order valence-electron chi connectivity index (χ2n) is 3.72. The zero-order chi connectivity index (χ0) is 13.3. The molecule has 18 heavy (non-hydrogen) atoms. The van der Waals surface area contributed by atoms with E-state index in [1.165, 1.54) is 23.5 Å². The quantitative estimate of drug-likeness (QED) is 0.662. The minimum Gasteiger partial charge on any atom is -0.397 e. The van der Waals surface area contributed by atoms with E-state index in [0.29, 0.717) is 16.1 Å². The van der Waals surface area contributed by atoms with Crippen LogP contribution < -0.4 is 5.73 Å². The number of hydrogen-bond donors (Lipinski definition) is 1. The van der Waals surface area contributed by atoms with Crippen molar-refractivity contribution in [3.8, 4) is 16.5 Å². The predicted molar refractivity (Wildman–Crippen MR) is 70.3 cm³/mol. The van der Waals surface area contributed by atoms with Gasteiger partial charge in [0.05, 0.1) is 10.6 Å². The minimum atomic E-state index is -0.443. The molecule has 0 spiro atoms. The third kappa shape index (κ3) is 1.92. The molecule has 0 atom stereocenters. The van der Waals surface area contributed by atoms with E-state index < -0.39 is 4.92 Å². The second kappa shape index (κ2) is 4.47. The number of thiophene rings is 1. The van der Waals surface area contributed by atoms with Gasteiger partial charge in [0.1, 0.15) is 10.9 Å². The van der Waals surface area contributed by atoms with E-state index in [1.807, 2.05) is 6.07 Å². The number of nitrogens with zero attached hydrogens (tertiary/aromatic N) is 2. The smallest absolute Gasteiger partial charge is 0.270 e. The van der Waals surface area contributed by atoms with Gasteiger partial charge in [0, 0.05) is 17.0 Å². The molecule has 90 valence electrons. The van der Waals surface area contributed by atoms with Crippen LogP contribution in [0.3, 0.4) is 0 Å². The number of nitro benzene ring substituents is 1. The molecule has 0 aliphatic carbocycles. The minimum absolute atomic E-state index is 0.0254. The molecule has 0 radical (unpaired) electrons. The zero-order valence-corrected chi connectivity index (χ0v) is 10.3. The third-order valence-electron chi connectivity index (χ3n) is 2.61. The lowest BCUT2D eigenvalue weighted by atomic mass is 10.1. The first-order valence-electron chi connectivity index (χ1n) is 5.08. The molecule has 0 fully saturated rings. The molecule has 0 aliphatic heterocycles. The highest BCUT2D eigenvalue weighted by Gasteiger charge is 2.15. The highest BCUT2D eigenvalue weighted by Crippen LogP contribution is 2.38. The fourth-order valence-corrected chi connectivity index (χ4v) is 2.67. The molecule has 6 heteroatoms. The molecule has 2 aromatic rings. The molecule has 1 aromatic heterocycles. The topological polar surface area (TPSA) is 93.0 Å². The van der Waals surface area contributed by atoms with Gasteiger partial charge in [-0.1, -0.05) is 12.1 Å². The van der Waals surface area contributed by atoms with Crippen LogP contribution in [0.5, 0.6) is 0 Å². The molecular formula is C12H9N3O2S. The zero-order valence-electron chi connectivity index (χ0n) is 9.51. The molecule has 0 saturated carbocycles. The van der Waals surface area contributed by atoms with Crippen LogP contribution in [0.15, 0.2) is 24.3 Å². The maximum atomic E-state index is 10.7. The normalized spacial score (nSPS) is 10.0. The molecule has 5 nitrogen and oxygen atoms in total. The van der Waals surface area contributed by atoms with Crippen LogP contribution in [-0.2, 0) is 0 Å². The van der Waals surface area contributed by atoms with Gasteiger partial charge in [0.25, 0.3) is 5.69 Å². The van der Waals surface area contributed by atoms with Crippen molar-refractivity contribution in [3.63, 3.8) is 0 Å². The number of nitriles is 1. The van der Waals surface area contributed by atoms with E-state index in [0.717, 1.165) is 10.4 Å². The first-order chi connectivity index (χ1) is 8.54. The molecule has 1 aromatic carbocycles. The van der Waals surface area contributed by atoms with E-state index in [2.05, 4.69) is 0 Å². The molecule has 0 unspecified atom stereocenters. The Labute approximate surface area is 107 Å². The average Bonchev–Trinajstić information content (AvgIpc) is 2.66. The third-order valence-corrected chi connectivity index (χ3v) is 3.88. The van der Waals surface area contributed by atoms with Crippen molar-refractivity contribution in [2.75, 3.05) is 5.73 Å². The van der Waals surface area contributed by atoms with E-state index in [9.17, 15) is 10.1 Å². The molecular weight excluding hydrogens is 250 g/mol. The summed E-state index contributed by atoms with van der Waals surface area (Å²) in [5.41, 5.74) is 7.77. The standard InChI is InChI=1S/C12H9N3O2S/c1-7-11(14)10(6-13)18-12(7)8-3-2-4-9(5-8)15(16)17/h2-5H,14H2,1H3. The number of benzene rings is 1. The largest absolute Gasteiger partial charge is 0.397 e. The van der Waals surface area contributed by atoms with Gasteiger partial charge in [-0.05, 0) is 18.1 Å². The lowest BCUT2D eigenvalue weighted by molar-refractivity contribution is -0.384. The Morgan fingerprint density at radius 1 is 1.50 bits per heavy atom. The second-order valence-corrected chi connectivity index (χ2v) is 4.74. The summed E-state index contributed by atoms with van der Waals surface area (Å²) >= 11 is 1.25. The Kier molecular flexibility index (Phi) is 3.00.